The Kier molecular flexibility index (Phi) is 40.1. The molecule has 0 aromatic heterocycles. The number of unbranched alkanes of at least 4 members (excludes halogenated alkanes) is 2. The van der Waals surface area contributed by atoms with Gasteiger partial charge in [-0.25, -0.2) is 4.79 Å². The number of carboxylic acid groups (broad SMARTS) is 2. The Hall–Kier alpha value is -8.15. The molecule has 1 heterocycles. The molecule has 98 heavy (non-hydrogen) atoms. The van der Waals surface area contributed by atoms with E-state index in [4.69, 9.17) is 22.9 Å². The molecule has 1 aliphatic heterocycles. The highest BCUT2D eigenvalue weighted by Crippen LogP contribution is 2.22. The average Bonchev–Trinajstić information content (AvgIpc) is 1.58. The van der Waals surface area contributed by atoms with Crippen molar-refractivity contribution < 1.29 is 92.3 Å². The minimum Gasteiger partial charge on any atom is -0.481 e. The van der Waals surface area contributed by atoms with Crippen LogP contribution in [-0.4, -0.2) is 225 Å². The van der Waals surface area contributed by atoms with Crippen LogP contribution >= 0.6 is 0 Å². The van der Waals surface area contributed by atoms with Crippen molar-refractivity contribution in [3.05, 3.63) is 0 Å². The smallest absolute Gasteiger partial charge is 0.326 e. The van der Waals surface area contributed by atoms with Crippen LogP contribution in [0.3, 0.4) is 0 Å². The highest BCUT2D eigenvalue weighted by atomic mass is 16.4. The van der Waals surface area contributed by atoms with Gasteiger partial charge in [-0.3, -0.25) is 67.1 Å². The molecule has 13 amide bonds. The first kappa shape index (κ1) is 87.9. The second-order valence-electron chi connectivity index (χ2n) is 26.6. The van der Waals surface area contributed by atoms with E-state index in [0.717, 1.165) is 0 Å². The van der Waals surface area contributed by atoms with Crippen molar-refractivity contribution in [1.29, 1.82) is 0 Å². The molecule has 0 spiro atoms. The highest BCUT2D eigenvalue weighted by Gasteiger charge is 2.42. The number of hydrogen-bond acceptors (Lipinski definition) is 20. The van der Waals surface area contributed by atoms with E-state index >= 15 is 0 Å². The number of aliphatic carboxylic acids is 2. The summed E-state index contributed by atoms with van der Waals surface area (Å²) >= 11 is 0. The van der Waals surface area contributed by atoms with E-state index in [1.54, 1.807) is 69.2 Å². The van der Waals surface area contributed by atoms with Gasteiger partial charge in [0, 0.05) is 19.4 Å². The number of carboxylic acids is 2. The lowest BCUT2D eigenvalue weighted by Gasteiger charge is -2.33. The molecule has 1 rings (SSSR count). The van der Waals surface area contributed by atoms with Gasteiger partial charge in [0.05, 0.1) is 19.3 Å². The van der Waals surface area contributed by atoms with Crippen molar-refractivity contribution in [1.82, 2.24) is 63.4 Å². The standard InChI is InChI=1S/C63H112N16O19/c1-31(2)27-41(73-60(94)50(34(7)8)77-59(93)48(67)36(11)81)56(90)72-40(21-23-47(84)85)54(88)71-38(18-13-15-25-65)55(89)78-51(35(9)10)62(96)79-26-16-19-44(79)58(92)76-49(33(5)6)61(95)75-43(30-80)57(91)70-37(17-12-14-24-64)52(86)68-29-46(83)69-39(20-22-45(66)82)53(87)74-42(63(97)98)28-32(3)4/h31-44,48-51,80-81H,12-30,64-65,67H2,1-11H3,(H2,66,82)(H,68,86)(H,69,83)(H,70,91)(H,71,88)(H,72,90)(H,73,94)(H,74,87)(H,75,95)(H,76,92)(H,77,93)(H,78,89)(H,84,85)(H,97,98)/t36-,37+,38+,39+,40+,41+,42+,43+,44+,48+,49+,50+,51+/m1/s1. The summed E-state index contributed by atoms with van der Waals surface area (Å²) in [6, 6.07) is -16.8. The Morgan fingerprint density at radius 3 is 1.34 bits per heavy atom. The summed E-state index contributed by atoms with van der Waals surface area (Å²) in [6.07, 6.45) is -1.37. The lowest BCUT2D eigenvalue weighted by atomic mass is 9.98. The van der Waals surface area contributed by atoms with Gasteiger partial charge < -0.3 is 107 Å². The first-order chi connectivity index (χ1) is 45.8. The van der Waals surface area contributed by atoms with Crippen molar-refractivity contribution in [2.24, 2.45) is 52.5 Å². The Morgan fingerprint density at radius 1 is 0.469 bits per heavy atom. The molecule has 23 N–H and O–H groups in total. The molecular formula is C63H112N16O19. The van der Waals surface area contributed by atoms with Gasteiger partial charge >= 0.3 is 11.9 Å². The lowest BCUT2D eigenvalue weighted by Crippen LogP contribution is -2.62. The van der Waals surface area contributed by atoms with E-state index in [1.165, 1.54) is 11.8 Å². The minimum atomic E-state index is -1.72. The molecule has 0 aromatic carbocycles. The van der Waals surface area contributed by atoms with Gasteiger partial charge in [-0.15, -0.1) is 0 Å². The van der Waals surface area contributed by atoms with Crippen molar-refractivity contribution in [2.75, 3.05) is 32.8 Å². The summed E-state index contributed by atoms with van der Waals surface area (Å²) in [6.45, 7) is 16.5. The molecule has 13 atom stereocenters. The third-order valence-electron chi connectivity index (χ3n) is 16.1. The molecule has 1 saturated heterocycles. The monoisotopic (exact) mass is 1400 g/mol. The van der Waals surface area contributed by atoms with Crippen LogP contribution in [0.2, 0.25) is 0 Å². The predicted octanol–water partition coefficient (Wildman–Crippen LogP) is -4.82. The van der Waals surface area contributed by atoms with Crippen LogP contribution < -0.4 is 81.4 Å². The first-order valence-electron chi connectivity index (χ1n) is 33.6. The Bertz CT molecular complexity index is 2700. The number of nitrogens with two attached hydrogens (primary N) is 4. The van der Waals surface area contributed by atoms with E-state index < -0.39 is 211 Å². The number of carbonyl (C=O) groups is 15. The average molecular weight is 1400 g/mol. The fourth-order valence-corrected chi connectivity index (χ4v) is 10.4. The maximum absolute atomic E-state index is 14.6. The fraction of sp³-hybridized carbons (Fsp3) is 0.762. The minimum absolute atomic E-state index is 0.0137. The third kappa shape index (κ3) is 31.6. The van der Waals surface area contributed by atoms with Gasteiger partial charge in [0.2, 0.25) is 76.8 Å². The molecular weight excluding hydrogens is 1280 g/mol. The quantitative estimate of drug-likeness (QED) is 0.0254. The van der Waals surface area contributed by atoms with Gasteiger partial charge in [0.25, 0.3) is 0 Å². The van der Waals surface area contributed by atoms with Crippen LogP contribution in [0.4, 0.5) is 0 Å². The number of hydrogen-bond donors (Lipinski definition) is 19. The summed E-state index contributed by atoms with van der Waals surface area (Å²) in [5.74, 6) is -16.4. The second kappa shape index (κ2) is 44.7. The number of likely N-dealkylation sites (tertiary alicyclic amines) is 1. The van der Waals surface area contributed by atoms with E-state index in [9.17, 15) is 92.3 Å². The summed E-state index contributed by atoms with van der Waals surface area (Å²) < 4.78 is 0. The van der Waals surface area contributed by atoms with Gasteiger partial charge in [0.15, 0.2) is 0 Å². The number of rotatable bonds is 47. The Morgan fingerprint density at radius 2 is 0.878 bits per heavy atom. The van der Waals surface area contributed by atoms with E-state index in [2.05, 4.69) is 58.5 Å². The molecule has 35 heteroatoms. The maximum Gasteiger partial charge on any atom is 0.326 e. The fourth-order valence-electron chi connectivity index (χ4n) is 10.4. The van der Waals surface area contributed by atoms with E-state index in [-0.39, 0.29) is 89.3 Å². The number of primary amides is 1. The van der Waals surface area contributed by atoms with Gasteiger partial charge in [0.1, 0.15) is 72.5 Å². The van der Waals surface area contributed by atoms with Gasteiger partial charge in [-0.2, -0.15) is 0 Å². The van der Waals surface area contributed by atoms with Crippen molar-refractivity contribution in [2.45, 2.75) is 245 Å². The largest absolute Gasteiger partial charge is 0.481 e. The van der Waals surface area contributed by atoms with Crippen LogP contribution in [0.1, 0.15) is 166 Å². The number of carbonyl (C=O) groups excluding carboxylic acids is 13. The molecule has 558 valence electrons. The lowest BCUT2D eigenvalue weighted by molar-refractivity contribution is -0.143. The third-order valence-corrected chi connectivity index (χ3v) is 16.1. The summed E-state index contributed by atoms with van der Waals surface area (Å²) in [5.41, 5.74) is 22.5. The number of nitrogens with one attached hydrogen (secondary N) is 11. The van der Waals surface area contributed by atoms with Crippen molar-refractivity contribution >= 4 is 88.7 Å². The van der Waals surface area contributed by atoms with Crippen LogP contribution in [0.25, 0.3) is 0 Å². The van der Waals surface area contributed by atoms with Gasteiger partial charge in [-0.05, 0) is 127 Å². The van der Waals surface area contributed by atoms with Crippen LogP contribution in [0.15, 0.2) is 0 Å². The predicted molar refractivity (Wildman–Crippen MR) is 356 cm³/mol. The molecule has 0 saturated carbocycles. The van der Waals surface area contributed by atoms with E-state index in [1.807, 2.05) is 0 Å². The molecule has 0 unspecified atom stereocenters. The molecule has 1 fully saturated rings. The van der Waals surface area contributed by atoms with Crippen molar-refractivity contribution in [3.63, 3.8) is 0 Å². The topological polar surface area (TPSA) is 577 Å². The zero-order valence-corrected chi connectivity index (χ0v) is 58.5. The summed E-state index contributed by atoms with van der Waals surface area (Å²) in [4.78, 5) is 202. The molecule has 0 aromatic rings. The van der Waals surface area contributed by atoms with Crippen LogP contribution in [0, 0.1) is 29.6 Å². The Balaban J connectivity index is 3.41. The van der Waals surface area contributed by atoms with E-state index in [0.29, 0.717) is 19.3 Å². The molecule has 0 aliphatic carbocycles. The SMILES string of the molecule is CC(C)C[C@H](NC(=O)[C@H](CCC(N)=O)NC(=O)CNC(=O)[C@H](CCCCN)NC(=O)[C@H](CO)NC(=O)[C@@H](NC(=O)[C@@H]1CCCN1C(=O)[C@@H](NC(=O)[C@H](CCCCN)NC(=O)[C@H](CCC(=O)O)NC(=O)[C@H](CC(C)C)NC(=O)[C@@H](NC(=O)[C@@H](N)[C@@H](C)O)C(C)C)C(C)C)C(C)C)C(=O)O. The number of aliphatic hydroxyl groups excluding tert-OH is 2. The highest BCUT2D eigenvalue weighted by molar-refractivity contribution is 6.00. The second-order valence-corrected chi connectivity index (χ2v) is 26.6. The van der Waals surface area contributed by atoms with Gasteiger partial charge in [-0.1, -0.05) is 69.2 Å². The van der Waals surface area contributed by atoms with Crippen molar-refractivity contribution in [3.8, 4) is 0 Å². The number of nitrogens with zero attached hydrogens (tertiary/aromatic N) is 1. The molecule has 0 bridgehead atoms. The summed E-state index contributed by atoms with van der Waals surface area (Å²) in [7, 11) is 0. The maximum atomic E-state index is 14.6. The first-order valence-corrected chi connectivity index (χ1v) is 33.6. The normalized spacial score (nSPS) is 16.7. The molecule has 0 radical (unpaired) electrons. The number of aliphatic hydroxyl groups is 2. The Labute approximate surface area is 572 Å². The summed E-state index contributed by atoms with van der Waals surface area (Å²) in [5, 5.41) is 67.1. The van der Waals surface area contributed by atoms with Crippen LogP contribution in [-0.2, 0) is 71.9 Å². The zero-order chi connectivity index (χ0) is 74.8. The molecule has 1 aliphatic rings. The number of amides is 13. The zero-order valence-electron chi connectivity index (χ0n) is 58.5. The molecule has 35 nitrogen and oxygen atoms in total. The van der Waals surface area contributed by atoms with Crippen LogP contribution in [0.5, 0.6) is 0 Å².